The predicted molar refractivity (Wildman–Crippen MR) is 146 cm³/mol. The van der Waals surface area contributed by atoms with E-state index in [1.807, 2.05) is 12.1 Å². The summed E-state index contributed by atoms with van der Waals surface area (Å²) in [5.41, 5.74) is 0.687. The van der Waals surface area contributed by atoms with Crippen molar-refractivity contribution < 1.29 is 27.2 Å². The number of carbonyl (C=O) groups is 2. The highest BCUT2D eigenvalue weighted by molar-refractivity contribution is 7.93. The fourth-order valence-electron chi connectivity index (χ4n) is 4.30. The molecular weight excluding hydrogens is 526 g/mol. The highest BCUT2D eigenvalue weighted by atomic mass is 35.5. The Kier molecular flexibility index (Phi) is 6.69. The van der Waals surface area contributed by atoms with Crippen LogP contribution >= 0.6 is 11.6 Å². The minimum Gasteiger partial charge on any atom is -0.462 e. The molecule has 0 bridgehead atoms. The summed E-state index contributed by atoms with van der Waals surface area (Å²) in [7, 11) is -4.40. The van der Waals surface area contributed by atoms with Crippen LogP contribution in [0.2, 0.25) is 5.02 Å². The lowest BCUT2D eigenvalue weighted by molar-refractivity contribution is 0.0526. The maximum absolute atomic E-state index is 14.1. The van der Waals surface area contributed by atoms with Gasteiger partial charge in [-0.25, -0.2) is 13.2 Å². The van der Waals surface area contributed by atoms with Gasteiger partial charge in [-0.2, -0.15) is 4.31 Å². The molecule has 1 aromatic heterocycles. The number of rotatable bonds is 6. The van der Waals surface area contributed by atoms with Crippen molar-refractivity contribution in [2.45, 2.75) is 18.7 Å². The third kappa shape index (κ3) is 4.53. The normalized spacial score (nSPS) is 11.6. The Labute approximate surface area is 224 Å². The number of furan rings is 1. The van der Waals surface area contributed by atoms with Crippen LogP contribution in [0.1, 0.15) is 33.4 Å². The summed E-state index contributed by atoms with van der Waals surface area (Å²) < 4.78 is 39.8. The topological polar surface area (TPSA) is 93.9 Å². The van der Waals surface area contributed by atoms with Crippen LogP contribution in [0.4, 0.5) is 5.69 Å². The highest BCUT2D eigenvalue weighted by Gasteiger charge is 2.33. The molecule has 0 radical (unpaired) electrons. The highest BCUT2D eigenvalue weighted by Crippen LogP contribution is 2.34. The van der Waals surface area contributed by atoms with E-state index in [2.05, 4.69) is 0 Å². The maximum Gasteiger partial charge on any atom is 0.342 e. The first-order valence-electron chi connectivity index (χ1n) is 11.7. The second-order valence-corrected chi connectivity index (χ2v) is 10.7. The molecule has 0 N–H and O–H groups in total. The summed E-state index contributed by atoms with van der Waals surface area (Å²) in [5, 5.41) is 2.30. The maximum atomic E-state index is 14.1. The predicted octanol–water partition coefficient (Wildman–Crippen LogP) is 6.76. The number of carbonyl (C=O) groups excluding carboxylic acids is 2. The number of fused-ring (bicyclic) bond motifs is 2. The first-order chi connectivity index (χ1) is 18.2. The van der Waals surface area contributed by atoms with Crippen molar-refractivity contribution in [2.75, 3.05) is 10.9 Å². The minimum absolute atomic E-state index is 0.0388. The molecule has 5 rings (SSSR count). The van der Waals surface area contributed by atoms with Gasteiger partial charge in [0.05, 0.1) is 17.2 Å². The van der Waals surface area contributed by atoms with Crippen molar-refractivity contribution in [3.63, 3.8) is 0 Å². The summed E-state index contributed by atoms with van der Waals surface area (Å²) in [5.74, 6) is -1.07. The van der Waals surface area contributed by atoms with E-state index in [0.717, 1.165) is 9.69 Å². The lowest BCUT2D eigenvalue weighted by atomic mass is 10.1. The molecule has 0 saturated heterocycles. The van der Waals surface area contributed by atoms with E-state index >= 15 is 0 Å². The Bertz CT molecular complexity index is 1810. The van der Waals surface area contributed by atoms with Gasteiger partial charge in [0.25, 0.3) is 15.9 Å². The van der Waals surface area contributed by atoms with Crippen LogP contribution in [0.15, 0.2) is 94.2 Å². The number of hydrogen-bond acceptors (Lipinski definition) is 6. The molecule has 0 saturated carbocycles. The van der Waals surface area contributed by atoms with Crippen molar-refractivity contribution in [2.24, 2.45) is 0 Å². The van der Waals surface area contributed by atoms with Crippen LogP contribution in [-0.4, -0.2) is 26.9 Å². The summed E-state index contributed by atoms with van der Waals surface area (Å²) in [6, 6.07) is 22.4. The molecule has 0 unspecified atom stereocenters. The van der Waals surface area contributed by atoms with Gasteiger partial charge in [-0.15, -0.1) is 0 Å². The van der Waals surface area contributed by atoms with Crippen LogP contribution in [0, 0.1) is 6.92 Å². The standard InChI is InChI=1S/C29H22ClNO6S/c1-3-36-29(33)27-18(2)37-26-15-13-23(17-25(26)27)31(28(32)20-8-11-22(30)12-9-20)38(34,35)24-14-10-19-6-4-5-7-21(19)16-24/h4-17H,3H2,1-2H3. The number of amides is 1. The van der Waals surface area contributed by atoms with E-state index in [1.165, 1.54) is 54.6 Å². The number of benzene rings is 4. The summed E-state index contributed by atoms with van der Waals surface area (Å²) in [6.07, 6.45) is 0. The minimum atomic E-state index is -4.40. The molecule has 0 spiro atoms. The van der Waals surface area contributed by atoms with Crippen molar-refractivity contribution in [1.29, 1.82) is 0 Å². The van der Waals surface area contributed by atoms with E-state index < -0.39 is 21.9 Å². The second-order valence-electron chi connectivity index (χ2n) is 8.52. The Morgan fingerprint density at radius 1 is 0.921 bits per heavy atom. The number of esters is 1. The molecule has 5 aromatic rings. The number of sulfonamides is 1. The van der Waals surface area contributed by atoms with Crippen LogP contribution in [0.3, 0.4) is 0 Å². The lowest BCUT2D eigenvalue weighted by Crippen LogP contribution is -2.37. The van der Waals surface area contributed by atoms with Gasteiger partial charge in [-0.1, -0.05) is 41.9 Å². The van der Waals surface area contributed by atoms with Crippen LogP contribution < -0.4 is 4.31 Å². The molecular formula is C29H22ClNO6S. The van der Waals surface area contributed by atoms with Gasteiger partial charge in [-0.05, 0) is 79.2 Å². The molecule has 1 heterocycles. The number of anilines is 1. The van der Waals surface area contributed by atoms with Crippen LogP contribution in [0.25, 0.3) is 21.7 Å². The van der Waals surface area contributed by atoms with E-state index in [0.29, 0.717) is 27.1 Å². The lowest BCUT2D eigenvalue weighted by Gasteiger charge is -2.23. The smallest absolute Gasteiger partial charge is 0.342 e. The molecule has 9 heteroatoms. The van der Waals surface area contributed by atoms with Gasteiger partial charge in [0.2, 0.25) is 0 Å². The average molecular weight is 548 g/mol. The summed E-state index contributed by atoms with van der Waals surface area (Å²) >= 11 is 6.00. The van der Waals surface area contributed by atoms with Gasteiger partial charge in [0.15, 0.2) is 0 Å². The van der Waals surface area contributed by atoms with Crippen molar-refractivity contribution in [1.82, 2.24) is 0 Å². The van der Waals surface area contributed by atoms with Crippen LogP contribution in [-0.2, 0) is 14.8 Å². The summed E-state index contributed by atoms with van der Waals surface area (Å²) in [4.78, 5) is 26.4. The van der Waals surface area contributed by atoms with Crippen molar-refractivity contribution in [3.8, 4) is 0 Å². The first-order valence-corrected chi connectivity index (χ1v) is 13.6. The molecule has 0 fully saturated rings. The third-order valence-electron chi connectivity index (χ3n) is 6.10. The molecule has 192 valence electrons. The van der Waals surface area contributed by atoms with E-state index in [4.69, 9.17) is 20.8 Å². The van der Waals surface area contributed by atoms with Crippen LogP contribution in [0.5, 0.6) is 0 Å². The monoisotopic (exact) mass is 547 g/mol. The van der Waals surface area contributed by atoms with E-state index in [-0.39, 0.29) is 28.3 Å². The Hall–Kier alpha value is -4.14. The van der Waals surface area contributed by atoms with Gasteiger partial charge >= 0.3 is 5.97 Å². The molecule has 7 nitrogen and oxygen atoms in total. The molecule has 1 amide bonds. The Morgan fingerprint density at radius 3 is 2.34 bits per heavy atom. The van der Waals surface area contributed by atoms with E-state index in [9.17, 15) is 18.0 Å². The van der Waals surface area contributed by atoms with Crippen molar-refractivity contribution >= 4 is 60.9 Å². The van der Waals surface area contributed by atoms with Gasteiger partial charge in [0.1, 0.15) is 16.9 Å². The number of hydrogen-bond donors (Lipinski definition) is 0. The molecule has 0 aliphatic rings. The Balaban J connectivity index is 1.72. The fourth-order valence-corrected chi connectivity index (χ4v) is 5.87. The zero-order valence-corrected chi connectivity index (χ0v) is 22.0. The molecule has 38 heavy (non-hydrogen) atoms. The molecule has 0 aliphatic carbocycles. The fraction of sp³-hybridized carbons (Fsp3) is 0.103. The molecule has 4 aromatic carbocycles. The van der Waals surface area contributed by atoms with Gasteiger partial charge in [0, 0.05) is 16.0 Å². The largest absolute Gasteiger partial charge is 0.462 e. The first kappa shape index (κ1) is 25.5. The molecule has 0 aliphatic heterocycles. The van der Waals surface area contributed by atoms with E-state index in [1.54, 1.807) is 32.0 Å². The number of aryl methyl sites for hydroxylation is 1. The Morgan fingerprint density at radius 2 is 1.63 bits per heavy atom. The van der Waals surface area contributed by atoms with Gasteiger partial charge in [-0.3, -0.25) is 4.79 Å². The second kappa shape index (κ2) is 9.96. The zero-order valence-electron chi connectivity index (χ0n) is 20.5. The quantitative estimate of drug-likeness (QED) is 0.218. The third-order valence-corrected chi connectivity index (χ3v) is 8.06. The van der Waals surface area contributed by atoms with Gasteiger partial charge < -0.3 is 9.15 Å². The molecule has 0 atom stereocenters. The average Bonchev–Trinajstić information content (AvgIpc) is 3.24. The zero-order chi connectivity index (χ0) is 27.0. The number of nitrogens with zero attached hydrogens (tertiary/aromatic N) is 1. The summed E-state index contributed by atoms with van der Waals surface area (Å²) in [6.45, 7) is 3.46. The van der Waals surface area contributed by atoms with Crippen molar-refractivity contribution in [3.05, 3.63) is 107 Å². The number of ether oxygens (including phenoxy) is 1. The number of halogens is 1. The SMILES string of the molecule is CCOC(=O)c1c(C)oc2ccc(N(C(=O)c3ccc(Cl)cc3)S(=O)(=O)c3ccc4ccccc4c3)cc12.